The van der Waals surface area contributed by atoms with Gasteiger partial charge in [-0.3, -0.25) is 0 Å². The smallest absolute Gasteiger partial charge is 0.0731 e. The molecular weight excluding hydrogens is 150 g/mol. The predicted molar refractivity (Wildman–Crippen MR) is 47.0 cm³/mol. The highest BCUT2D eigenvalue weighted by atomic mass is 16.5. The minimum Gasteiger partial charge on any atom is -0.376 e. The van der Waals surface area contributed by atoms with Gasteiger partial charge in [-0.05, 0) is 44.1 Å². The molecule has 0 aromatic heterocycles. The predicted octanol–water partition coefficient (Wildman–Crippen LogP) is 1.16. The van der Waals surface area contributed by atoms with E-state index in [-0.39, 0.29) is 0 Å². The van der Waals surface area contributed by atoms with Crippen LogP contribution in [0.4, 0.5) is 0 Å². The highest BCUT2D eigenvalue weighted by Gasteiger charge is 2.40. The van der Waals surface area contributed by atoms with Crippen molar-refractivity contribution in [1.82, 2.24) is 5.32 Å². The molecule has 0 aromatic rings. The Hall–Kier alpha value is -0.0800. The summed E-state index contributed by atoms with van der Waals surface area (Å²) in [5.74, 6) is 1.85. The summed E-state index contributed by atoms with van der Waals surface area (Å²) in [5.41, 5.74) is 0. The molecule has 2 saturated carbocycles. The second kappa shape index (κ2) is 2.71. The molecule has 0 aromatic carbocycles. The van der Waals surface area contributed by atoms with E-state index in [0.29, 0.717) is 12.1 Å². The van der Waals surface area contributed by atoms with Gasteiger partial charge in [0.1, 0.15) is 0 Å². The molecule has 12 heavy (non-hydrogen) atoms. The lowest BCUT2D eigenvalue weighted by atomic mass is 10.1. The second-order valence-electron chi connectivity index (χ2n) is 4.67. The van der Waals surface area contributed by atoms with Gasteiger partial charge in [0.2, 0.25) is 0 Å². The van der Waals surface area contributed by atoms with E-state index in [9.17, 15) is 0 Å². The molecule has 3 atom stereocenters. The van der Waals surface area contributed by atoms with Crippen molar-refractivity contribution >= 4 is 0 Å². The lowest BCUT2D eigenvalue weighted by Gasteiger charge is -2.23. The second-order valence-corrected chi connectivity index (χ2v) is 4.67. The normalized spacial score (nSPS) is 45.5. The first-order chi connectivity index (χ1) is 5.92. The van der Waals surface area contributed by atoms with Crippen molar-refractivity contribution in [2.24, 2.45) is 11.8 Å². The summed E-state index contributed by atoms with van der Waals surface area (Å²) >= 11 is 0. The first-order valence-electron chi connectivity index (χ1n) is 5.27. The monoisotopic (exact) mass is 167 g/mol. The van der Waals surface area contributed by atoms with Gasteiger partial charge in [-0.25, -0.2) is 0 Å². The van der Waals surface area contributed by atoms with Gasteiger partial charge in [0.25, 0.3) is 0 Å². The number of hydrogen-bond donors (Lipinski definition) is 1. The van der Waals surface area contributed by atoms with Crippen molar-refractivity contribution in [3.8, 4) is 0 Å². The molecule has 0 amide bonds. The van der Waals surface area contributed by atoms with Gasteiger partial charge in [-0.2, -0.15) is 0 Å². The van der Waals surface area contributed by atoms with E-state index in [1.165, 1.54) is 32.2 Å². The van der Waals surface area contributed by atoms with E-state index in [2.05, 4.69) is 5.32 Å². The van der Waals surface area contributed by atoms with E-state index in [1.54, 1.807) is 0 Å². The van der Waals surface area contributed by atoms with E-state index in [4.69, 9.17) is 4.74 Å². The van der Waals surface area contributed by atoms with Crippen LogP contribution in [0.2, 0.25) is 0 Å². The lowest BCUT2D eigenvalue weighted by molar-refractivity contribution is 0.0245. The molecule has 0 spiro atoms. The Morgan fingerprint density at radius 1 is 1.25 bits per heavy atom. The number of rotatable bonds is 3. The average molecular weight is 167 g/mol. The highest BCUT2D eigenvalue weighted by molar-refractivity contribution is 4.96. The van der Waals surface area contributed by atoms with Crippen LogP contribution in [-0.4, -0.2) is 25.3 Å². The Bertz CT molecular complexity index is 179. The number of fused-ring (bicyclic) bond motifs is 2. The van der Waals surface area contributed by atoms with E-state index in [0.717, 1.165) is 18.4 Å². The third-order valence-electron chi connectivity index (χ3n) is 3.51. The van der Waals surface area contributed by atoms with Crippen LogP contribution in [0.5, 0.6) is 0 Å². The third kappa shape index (κ3) is 1.27. The average Bonchev–Trinajstić information content (AvgIpc) is 2.69. The number of hydrogen-bond acceptors (Lipinski definition) is 2. The van der Waals surface area contributed by atoms with Gasteiger partial charge in [-0.1, -0.05) is 0 Å². The van der Waals surface area contributed by atoms with Crippen LogP contribution < -0.4 is 5.32 Å². The fourth-order valence-corrected chi connectivity index (χ4v) is 2.53. The highest BCUT2D eigenvalue weighted by Crippen LogP contribution is 2.35. The Kier molecular flexibility index (Phi) is 1.66. The molecule has 2 bridgehead atoms. The SMILES string of the molecule is C1CC1CO[C@@H]1C[C@H]2CN[C@@H]1C2. The Labute approximate surface area is 73.7 Å². The summed E-state index contributed by atoms with van der Waals surface area (Å²) in [7, 11) is 0. The molecule has 1 aliphatic heterocycles. The lowest BCUT2D eigenvalue weighted by Crippen LogP contribution is -2.38. The van der Waals surface area contributed by atoms with Crippen molar-refractivity contribution in [2.75, 3.05) is 13.2 Å². The largest absolute Gasteiger partial charge is 0.376 e. The van der Waals surface area contributed by atoms with Gasteiger partial charge >= 0.3 is 0 Å². The zero-order valence-electron chi connectivity index (χ0n) is 7.46. The van der Waals surface area contributed by atoms with Crippen LogP contribution >= 0.6 is 0 Å². The first kappa shape index (κ1) is 7.34. The van der Waals surface area contributed by atoms with Crippen LogP contribution in [0.25, 0.3) is 0 Å². The molecule has 3 rings (SSSR count). The molecule has 0 unspecified atom stereocenters. The molecule has 2 nitrogen and oxygen atoms in total. The molecule has 1 heterocycles. The van der Waals surface area contributed by atoms with E-state index >= 15 is 0 Å². The van der Waals surface area contributed by atoms with E-state index in [1.807, 2.05) is 0 Å². The molecule has 3 aliphatic rings. The Balaban J connectivity index is 1.50. The molecule has 1 saturated heterocycles. The fourth-order valence-electron chi connectivity index (χ4n) is 2.53. The summed E-state index contributed by atoms with van der Waals surface area (Å²) in [5, 5.41) is 3.53. The van der Waals surface area contributed by atoms with Crippen LogP contribution in [0, 0.1) is 11.8 Å². The van der Waals surface area contributed by atoms with Crippen molar-refractivity contribution < 1.29 is 4.74 Å². The number of ether oxygens (including phenoxy) is 1. The molecule has 2 aliphatic carbocycles. The first-order valence-corrected chi connectivity index (χ1v) is 5.27. The molecule has 68 valence electrons. The van der Waals surface area contributed by atoms with Gasteiger partial charge in [-0.15, -0.1) is 0 Å². The maximum absolute atomic E-state index is 5.90. The maximum Gasteiger partial charge on any atom is 0.0731 e. The van der Waals surface area contributed by atoms with Gasteiger partial charge < -0.3 is 10.1 Å². The van der Waals surface area contributed by atoms with Gasteiger partial charge in [0.15, 0.2) is 0 Å². The standard InChI is InChI=1S/C10H17NO/c1-2-7(1)6-12-10-4-8-3-9(10)11-5-8/h7-11H,1-6H2/t8-,9+,10+/m0/s1. The summed E-state index contributed by atoms with van der Waals surface area (Å²) in [6, 6.07) is 0.703. The van der Waals surface area contributed by atoms with Crippen LogP contribution in [0.1, 0.15) is 25.7 Å². The van der Waals surface area contributed by atoms with Gasteiger partial charge in [0, 0.05) is 12.6 Å². The number of piperidine rings is 1. The van der Waals surface area contributed by atoms with Crippen molar-refractivity contribution in [1.29, 1.82) is 0 Å². The van der Waals surface area contributed by atoms with Gasteiger partial charge in [0.05, 0.1) is 6.10 Å². The van der Waals surface area contributed by atoms with Crippen molar-refractivity contribution in [3.63, 3.8) is 0 Å². The minimum atomic E-state index is 0.560. The van der Waals surface area contributed by atoms with Crippen molar-refractivity contribution in [3.05, 3.63) is 0 Å². The Morgan fingerprint density at radius 3 is 2.75 bits per heavy atom. The quantitative estimate of drug-likeness (QED) is 0.681. The molecular formula is C10H17NO. The molecule has 1 N–H and O–H groups in total. The molecule has 2 heteroatoms. The third-order valence-corrected chi connectivity index (χ3v) is 3.51. The summed E-state index contributed by atoms with van der Waals surface area (Å²) < 4.78 is 5.90. The molecule has 0 radical (unpaired) electrons. The van der Waals surface area contributed by atoms with Crippen LogP contribution in [0.15, 0.2) is 0 Å². The molecule has 3 fully saturated rings. The summed E-state index contributed by atoms with van der Waals surface area (Å²) in [4.78, 5) is 0. The zero-order valence-corrected chi connectivity index (χ0v) is 7.46. The van der Waals surface area contributed by atoms with Crippen molar-refractivity contribution in [2.45, 2.75) is 37.8 Å². The zero-order chi connectivity index (χ0) is 7.97. The Morgan fingerprint density at radius 2 is 2.17 bits per heavy atom. The van der Waals surface area contributed by atoms with E-state index < -0.39 is 0 Å². The fraction of sp³-hybridized carbons (Fsp3) is 1.00. The number of nitrogens with one attached hydrogen (secondary N) is 1. The van der Waals surface area contributed by atoms with Crippen LogP contribution in [-0.2, 0) is 4.74 Å². The summed E-state index contributed by atoms with van der Waals surface area (Å²) in [6.45, 7) is 2.28. The topological polar surface area (TPSA) is 21.3 Å². The maximum atomic E-state index is 5.90. The minimum absolute atomic E-state index is 0.560. The van der Waals surface area contributed by atoms with Crippen LogP contribution in [0.3, 0.4) is 0 Å². The summed E-state index contributed by atoms with van der Waals surface area (Å²) in [6.07, 6.45) is 6.08.